The Morgan fingerprint density at radius 2 is 1.89 bits per heavy atom. The molecule has 1 aromatic carbocycles. The first-order valence-corrected chi connectivity index (χ1v) is 6.90. The van der Waals surface area contributed by atoms with Crippen LogP contribution in [0.3, 0.4) is 0 Å². The first kappa shape index (κ1) is 13.7. The zero-order valence-electron chi connectivity index (χ0n) is 10.3. The Labute approximate surface area is 113 Å². The molecular weight excluding hydrogens is 250 g/mol. The summed E-state index contributed by atoms with van der Waals surface area (Å²) in [5.74, 6) is 0.216. The fourth-order valence-electron chi connectivity index (χ4n) is 2.75. The predicted octanol–water partition coefficient (Wildman–Crippen LogP) is 2.99. The third-order valence-corrected chi connectivity index (χ3v) is 4.18. The molecule has 100 valence electrons. The summed E-state index contributed by atoms with van der Waals surface area (Å²) < 4.78 is 0. The number of aliphatic hydroxyl groups excluding tert-OH is 1. The van der Waals surface area contributed by atoms with E-state index < -0.39 is 12.1 Å². The van der Waals surface area contributed by atoms with Gasteiger partial charge < -0.3 is 15.9 Å². The fraction of sp³-hybridized carbons (Fsp3) is 0.571. The quantitative estimate of drug-likeness (QED) is 0.790. The molecule has 1 aliphatic carbocycles. The normalized spacial score (nSPS) is 20.6. The summed E-state index contributed by atoms with van der Waals surface area (Å²) >= 11 is 5.86. The van der Waals surface area contributed by atoms with Crippen LogP contribution in [0.15, 0.2) is 18.2 Å². The van der Waals surface area contributed by atoms with Gasteiger partial charge in [0.25, 0.3) is 0 Å². The maximum absolute atomic E-state index is 10.3. The van der Waals surface area contributed by atoms with E-state index in [2.05, 4.69) is 0 Å². The first-order chi connectivity index (χ1) is 8.61. The Morgan fingerprint density at radius 1 is 1.22 bits per heavy atom. The molecule has 0 unspecified atom stereocenters. The zero-order valence-corrected chi connectivity index (χ0v) is 11.1. The molecule has 18 heavy (non-hydrogen) atoms. The molecule has 1 aliphatic rings. The predicted molar refractivity (Wildman–Crippen MR) is 72.6 cm³/mol. The van der Waals surface area contributed by atoms with E-state index in [0.717, 1.165) is 25.7 Å². The SMILES string of the molecule is N[C@@H](c1cccc(Cl)c1O)[C@H](O)C1CCCCC1. The minimum atomic E-state index is -0.616. The Hall–Kier alpha value is -0.770. The van der Waals surface area contributed by atoms with Crippen LogP contribution in [0, 0.1) is 5.92 Å². The van der Waals surface area contributed by atoms with E-state index >= 15 is 0 Å². The van der Waals surface area contributed by atoms with Gasteiger partial charge >= 0.3 is 0 Å². The minimum absolute atomic E-state index is 0.0125. The number of aromatic hydroxyl groups is 1. The zero-order chi connectivity index (χ0) is 13.1. The molecule has 0 bridgehead atoms. The maximum atomic E-state index is 10.3. The molecule has 2 atom stereocenters. The average Bonchev–Trinajstić information content (AvgIpc) is 2.41. The lowest BCUT2D eigenvalue weighted by Gasteiger charge is -2.30. The molecule has 1 fully saturated rings. The largest absolute Gasteiger partial charge is 0.506 e. The smallest absolute Gasteiger partial charge is 0.139 e. The van der Waals surface area contributed by atoms with Crippen LogP contribution in [0.4, 0.5) is 0 Å². The number of aliphatic hydroxyl groups is 1. The van der Waals surface area contributed by atoms with Gasteiger partial charge in [0.2, 0.25) is 0 Å². The second-order valence-electron chi connectivity index (χ2n) is 5.09. The van der Waals surface area contributed by atoms with E-state index in [1.54, 1.807) is 18.2 Å². The van der Waals surface area contributed by atoms with Gasteiger partial charge in [0, 0.05) is 5.56 Å². The van der Waals surface area contributed by atoms with Gasteiger partial charge in [0.1, 0.15) is 5.75 Å². The molecule has 4 heteroatoms. The number of para-hydroxylation sites is 1. The highest BCUT2D eigenvalue weighted by molar-refractivity contribution is 6.32. The lowest BCUT2D eigenvalue weighted by atomic mass is 9.81. The van der Waals surface area contributed by atoms with Crippen molar-refractivity contribution in [2.45, 2.75) is 44.2 Å². The molecule has 1 saturated carbocycles. The number of phenolic OH excluding ortho intramolecular Hbond substituents is 1. The van der Waals surface area contributed by atoms with Crippen molar-refractivity contribution in [1.29, 1.82) is 0 Å². The van der Waals surface area contributed by atoms with Crippen LogP contribution in [0.1, 0.15) is 43.7 Å². The molecule has 3 nitrogen and oxygen atoms in total. The monoisotopic (exact) mass is 269 g/mol. The highest BCUT2D eigenvalue weighted by Crippen LogP contribution is 2.36. The van der Waals surface area contributed by atoms with Gasteiger partial charge in [0.05, 0.1) is 17.2 Å². The number of phenols is 1. The summed E-state index contributed by atoms with van der Waals surface area (Å²) in [6.45, 7) is 0. The third-order valence-electron chi connectivity index (χ3n) is 3.88. The topological polar surface area (TPSA) is 66.5 Å². The number of halogens is 1. The fourth-order valence-corrected chi connectivity index (χ4v) is 2.94. The van der Waals surface area contributed by atoms with Crippen molar-refractivity contribution < 1.29 is 10.2 Å². The first-order valence-electron chi connectivity index (χ1n) is 6.52. The molecule has 0 spiro atoms. The molecule has 0 saturated heterocycles. The molecule has 2 rings (SSSR count). The van der Waals surface area contributed by atoms with Gasteiger partial charge in [-0.25, -0.2) is 0 Å². The van der Waals surface area contributed by atoms with E-state index in [1.165, 1.54) is 6.42 Å². The molecule has 0 aromatic heterocycles. The molecule has 0 amide bonds. The second-order valence-corrected chi connectivity index (χ2v) is 5.50. The molecule has 0 radical (unpaired) electrons. The summed E-state index contributed by atoms with van der Waals surface area (Å²) in [7, 11) is 0. The summed E-state index contributed by atoms with van der Waals surface area (Å²) in [5, 5.41) is 20.5. The van der Waals surface area contributed by atoms with E-state index in [1.807, 2.05) is 0 Å². The number of hydrogen-bond acceptors (Lipinski definition) is 3. The van der Waals surface area contributed by atoms with Crippen molar-refractivity contribution >= 4 is 11.6 Å². The van der Waals surface area contributed by atoms with Crippen molar-refractivity contribution in [2.24, 2.45) is 11.7 Å². The van der Waals surface area contributed by atoms with Gasteiger partial charge in [-0.15, -0.1) is 0 Å². The number of rotatable bonds is 3. The van der Waals surface area contributed by atoms with Crippen molar-refractivity contribution in [2.75, 3.05) is 0 Å². The van der Waals surface area contributed by atoms with Crippen LogP contribution in [0.2, 0.25) is 5.02 Å². The molecule has 1 aromatic rings. The number of nitrogens with two attached hydrogens (primary N) is 1. The lowest BCUT2D eigenvalue weighted by molar-refractivity contribution is 0.0611. The summed E-state index contributed by atoms with van der Waals surface area (Å²) in [5.41, 5.74) is 6.60. The summed E-state index contributed by atoms with van der Waals surface area (Å²) in [6.07, 6.45) is 4.94. The van der Waals surface area contributed by atoms with Gasteiger partial charge in [-0.05, 0) is 24.8 Å². The Morgan fingerprint density at radius 3 is 2.56 bits per heavy atom. The van der Waals surface area contributed by atoms with E-state index in [9.17, 15) is 10.2 Å². The van der Waals surface area contributed by atoms with Gasteiger partial charge in [-0.2, -0.15) is 0 Å². The van der Waals surface area contributed by atoms with Crippen molar-refractivity contribution in [3.05, 3.63) is 28.8 Å². The van der Waals surface area contributed by atoms with Gasteiger partial charge in [-0.1, -0.05) is 43.0 Å². The van der Waals surface area contributed by atoms with Crippen molar-refractivity contribution in [3.63, 3.8) is 0 Å². The molecule has 4 N–H and O–H groups in total. The second kappa shape index (κ2) is 5.91. The molecular formula is C14H20ClNO2. The number of hydrogen-bond donors (Lipinski definition) is 3. The highest BCUT2D eigenvalue weighted by Gasteiger charge is 2.29. The van der Waals surface area contributed by atoms with Crippen LogP contribution >= 0.6 is 11.6 Å². The van der Waals surface area contributed by atoms with Crippen molar-refractivity contribution in [3.8, 4) is 5.75 Å². The lowest BCUT2D eigenvalue weighted by Crippen LogP contribution is -2.34. The number of benzene rings is 1. The molecule has 0 heterocycles. The van der Waals surface area contributed by atoms with Crippen LogP contribution in [-0.2, 0) is 0 Å². The minimum Gasteiger partial charge on any atom is -0.506 e. The van der Waals surface area contributed by atoms with E-state index in [-0.39, 0.29) is 16.7 Å². The van der Waals surface area contributed by atoms with E-state index in [4.69, 9.17) is 17.3 Å². The van der Waals surface area contributed by atoms with Crippen LogP contribution in [0.25, 0.3) is 0 Å². The van der Waals surface area contributed by atoms with Crippen LogP contribution < -0.4 is 5.73 Å². The third kappa shape index (κ3) is 2.79. The molecule has 0 aliphatic heterocycles. The average molecular weight is 270 g/mol. The summed E-state index contributed by atoms with van der Waals surface area (Å²) in [4.78, 5) is 0. The van der Waals surface area contributed by atoms with Gasteiger partial charge in [-0.3, -0.25) is 0 Å². The van der Waals surface area contributed by atoms with Crippen molar-refractivity contribution in [1.82, 2.24) is 0 Å². The van der Waals surface area contributed by atoms with Crippen LogP contribution in [-0.4, -0.2) is 16.3 Å². The Balaban J connectivity index is 2.14. The highest BCUT2D eigenvalue weighted by atomic mass is 35.5. The maximum Gasteiger partial charge on any atom is 0.139 e. The van der Waals surface area contributed by atoms with Crippen LogP contribution in [0.5, 0.6) is 5.75 Å². The standard InChI is InChI=1S/C14H20ClNO2/c15-11-8-4-7-10(14(11)18)12(16)13(17)9-5-2-1-3-6-9/h4,7-9,12-13,17-18H,1-3,5-6,16H2/t12-,13+/m0/s1. The van der Waals surface area contributed by atoms with Gasteiger partial charge in [0.15, 0.2) is 0 Å². The Kier molecular flexibility index (Phi) is 4.49. The Bertz CT molecular complexity index is 405. The van der Waals surface area contributed by atoms with E-state index in [0.29, 0.717) is 5.56 Å². The summed E-state index contributed by atoms with van der Waals surface area (Å²) in [6, 6.07) is 4.50.